The van der Waals surface area contributed by atoms with Crippen LogP contribution in [0.1, 0.15) is 35.5 Å². The van der Waals surface area contributed by atoms with Gasteiger partial charge in [0.1, 0.15) is 4.88 Å². The third-order valence-corrected chi connectivity index (χ3v) is 3.01. The van der Waals surface area contributed by atoms with Gasteiger partial charge in [-0.3, -0.25) is 0 Å². The molecule has 0 saturated carbocycles. The number of carboxylic acid groups (broad SMARTS) is 1. The van der Waals surface area contributed by atoms with Gasteiger partial charge in [0.25, 0.3) is 0 Å². The highest BCUT2D eigenvalue weighted by atomic mass is 32.1. The normalized spacial score (nSPS) is 10.1. The van der Waals surface area contributed by atoms with Gasteiger partial charge in [0, 0.05) is 6.54 Å². The first kappa shape index (κ1) is 11.0. The molecule has 78 valence electrons. The van der Waals surface area contributed by atoms with Crippen molar-refractivity contribution < 1.29 is 9.90 Å². The molecule has 2 N–H and O–H groups in total. The fraction of sp³-hybridized carbons (Fsp3) is 0.500. The molecule has 0 atom stereocenters. The summed E-state index contributed by atoms with van der Waals surface area (Å²) in [6, 6.07) is 0. The van der Waals surface area contributed by atoms with Gasteiger partial charge in [-0.15, -0.1) is 11.3 Å². The predicted octanol–water partition coefficient (Wildman–Crippen LogP) is 2.83. The molecule has 1 aromatic rings. The van der Waals surface area contributed by atoms with Crippen molar-refractivity contribution in [3.63, 3.8) is 0 Å². The Morgan fingerprint density at radius 3 is 2.79 bits per heavy atom. The van der Waals surface area contributed by atoms with E-state index >= 15 is 0 Å². The fourth-order valence-corrected chi connectivity index (χ4v) is 2.22. The summed E-state index contributed by atoms with van der Waals surface area (Å²) in [5.74, 6) is -0.840. The summed E-state index contributed by atoms with van der Waals surface area (Å²) < 4.78 is 0. The number of rotatable bonds is 5. The van der Waals surface area contributed by atoms with Crippen LogP contribution in [0.15, 0.2) is 5.38 Å². The molecule has 0 unspecified atom stereocenters. The maximum Gasteiger partial charge on any atom is 0.348 e. The SMILES string of the molecule is CCCNc1c(CC)csc1C(=O)O. The van der Waals surface area contributed by atoms with Gasteiger partial charge in [0.15, 0.2) is 0 Å². The molecule has 0 amide bonds. The molecule has 1 heterocycles. The van der Waals surface area contributed by atoms with Crippen LogP contribution in [0, 0.1) is 0 Å². The van der Waals surface area contributed by atoms with Gasteiger partial charge in [-0.05, 0) is 23.8 Å². The maximum absolute atomic E-state index is 10.9. The molecule has 1 rings (SSSR count). The lowest BCUT2D eigenvalue weighted by Gasteiger charge is -2.06. The summed E-state index contributed by atoms with van der Waals surface area (Å²) in [5.41, 5.74) is 1.91. The summed E-state index contributed by atoms with van der Waals surface area (Å²) in [6.45, 7) is 4.92. The number of thiophene rings is 1. The lowest BCUT2D eigenvalue weighted by molar-refractivity contribution is 0.0703. The molecule has 0 aliphatic rings. The van der Waals surface area contributed by atoms with Crippen LogP contribution >= 0.6 is 11.3 Å². The van der Waals surface area contributed by atoms with Crippen LogP contribution in [0.4, 0.5) is 5.69 Å². The molecule has 0 fully saturated rings. The van der Waals surface area contributed by atoms with Crippen molar-refractivity contribution >= 4 is 23.0 Å². The quantitative estimate of drug-likeness (QED) is 0.790. The molecule has 3 nitrogen and oxygen atoms in total. The highest BCUT2D eigenvalue weighted by Crippen LogP contribution is 2.28. The van der Waals surface area contributed by atoms with Gasteiger partial charge in [-0.25, -0.2) is 4.79 Å². The molecule has 0 radical (unpaired) electrons. The van der Waals surface area contributed by atoms with E-state index in [1.165, 1.54) is 11.3 Å². The number of nitrogens with one attached hydrogen (secondary N) is 1. The van der Waals surface area contributed by atoms with E-state index in [0.29, 0.717) is 4.88 Å². The zero-order valence-corrected chi connectivity index (χ0v) is 9.28. The van der Waals surface area contributed by atoms with Crippen LogP contribution in [0.5, 0.6) is 0 Å². The standard InChI is InChI=1S/C10H15NO2S/c1-3-5-11-8-7(4-2)6-14-9(8)10(12)13/h6,11H,3-5H2,1-2H3,(H,12,13). The zero-order valence-electron chi connectivity index (χ0n) is 8.46. The smallest absolute Gasteiger partial charge is 0.348 e. The van der Waals surface area contributed by atoms with E-state index in [0.717, 1.165) is 30.6 Å². The van der Waals surface area contributed by atoms with Crippen LogP contribution in [-0.2, 0) is 6.42 Å². The third-order valence-electron chi connectivity index (χ3n) is 1.99. The van der Waals surface area contributed by atoms with Crippen LogP contribution in [0.3, 0.4) is 0 Å². The molecule has 4 heteroatoms. The van der Waals surface area contributed by atoms with E-state index < -0.39 is 5.97 Å². The third kappa shape index (κ3) is 2.26. The van der Waals surface area contributed by atoms with Crippen LogP contribution in [0.2, 0.25) is 0 Å². The number of aromatic carboxylic acids is 1. The maximum atomic E-state index is 10.9. The number of carboxylic acids is 1. The Labute approximate surface area is 87.8 Å². The monoisotopic (exact) mass is 213 g/mol. The molecular weight excluding hydrogens is 198 g/mol. The summed E-state index contributed by atoms with van der Waals surface area (Å²) in [7, 11) is 0. The Kier molecular flexibility index (Phi) is 3.95. The predicted molar refractivity (Wildman–Crippen MR) is 59.4 cm³/mol. The number of aryl methyl sites for hydroxylation is 1. The largest absolute Gasteiger partial charge is 0.477 e. The Balaban J connectivity index is 2.93. The highest BCUT2D eigenvalue weighted by Gasteiger charge is 2.15. The average Bonchev–Trinajstić information content (AvgIpc) is 2.57. The van der Waals surface area contributed by atoms with Gasteiger partial charge in [0.2, 0.25) is 0 Å². The van der Waals surface area contributed by atoms with E-state index in [4.69, 9.17) is 5.11 Å². The molecular formula is C10H15NO2S. The zero-order chi connectivity index (χ0) is 10.6. The lowest BCUT2D eigenvalue weighted by atomic mass is 10.2. The first-order valence-corrected chi connectivity index (χ1v) is 5.66. The lowest BCUT2D eigenvalue weighted by Crippen LogP contribution is -2.05. The molecule has 0 saturated heterocycles. The van der Waals surface area contributed by atoms with Gasteiger partial charge in [0.05, 0.1) is 5.69 Å². The highest BCUT2D eigenvalue weighted by molar-refractivity contribution is 7.12. The molecule has 0 aromatic carbocycles. The van der Waals surface area contributed by atoms with Crippen molar-refractivity contribution in [1.29, 1.82) is 0 Å². The Hall–Kier alpha value is -1.03. The Morgan fingerprint density at radius 1 is 1.57 bits per heavy atom. The topological polar surface area (TPSA) is 49.3 Å². The van der Waals surface area contributed by atoms with Crippen LogP contribution in [-0.4, -0.2) is 17.6 Å². The van der Waals surface area contributed by atoms with E-state index in [1.54, 1.807) is 0 Å². The van der Waals surface area contributed by atoms with Gasteiger partial charge < -0.3 is 10.4 Å². The van der Waals surface area contributed by atoms with Gasteiger partial charge in [-0.2, -0.15) is 0 Å². The van der Waals surface area contributed by atoms with Crippen LogP contribution in [0.25, 0.3) is 0 Å². The second-order valence-electron chi connectivity index (χ2n) is 3.05. The molecule has 1 aromatic heterocycles. The first-order chi connectivity index (χ1) is 6.70. The first-order valence-electron chi connectivity index (χ1n) is 4.78. The number of hydrogen-bond acceptors (Lipinski definition) is 3. The number of anilines is 1. The minimum atomic E-state index is -0.840. The van der Waals surface area contributed by atoms with Crippen molar-refractivity contribution in [3.8, 4) is 0 Å². The number of carbonyl (C=O) groups is 1. The summed E-state index contributed by atoms with van der Waals surface area (Å²) >= 11 is 1.30. The van der Waals surface area contributed by atoms with Crippen molar-refractivity contribution in [3.05, 3.63) is 15.8 Å². The molecule has 0 bridgehead atoms. The fourth-order valence-electron chi connectivity index (χ4n) is 1.25. The molecule has 0 aliphatic carbocycles. The van der Waals surface area contributed by atoms with Crippen LogP contribution < -0.4 is 5.32 Å². The molecule has 0 aliphatic heterocycles. The summed E-state index contributed by atoms with van der Waals surface area (Å²) in [4.78, 5) is 11.3. The minimum Gasteiger partial charge on any atom is -0.477 e. The van der Waals surface area contributed by atoms with Crippen molar-refractivity contribution in [2.45, 2.75) is 26.7 Å². The van der Waals surface area contributed by atoms with Crippen molar-refractivity contribution in [1.82, 2.24) is 0 Å². The van der Waals surface area contributed by atoms with E-state index in [1.807, 2.05) is 12.3 Å². The average molecular weight is 213 g/mol. The Bertz CT molecular complexity index is 320. The van der Waals surface area contributed by atoms with Gasteiger partial charge >= 0.3 is 5.97 Å². The van der Waals surface area contributed by atoms with Crippen molar-refractivity contribution in [2.75, 3.05) is 11.9 Å². The molecule has 0 spiro atoms. The Morgan fingerprint density at radius 2 is 2.29 bits per heavy atom. The second kappa shape index (κ2) is 5.00. The van der Waals surface area contributed by atoms with Crippen molar-refractivity contribution in [2.24, 2.45) is 0 Å². The number of hydrogen-bond donors (Lipinski definition) is 2. The van der Waals surface area contributed by atoms with Gasteiger partial charge in [-0.1, -0.05) is 13.8 Å². The summed E-state index contributed by atoms with van der Waals surface area (Å²) in [6.07, 6.45) is 1.87. The minimum absolute atomic E-state index is 0.426. The molecule has 14 heavy (non-hydrogen) atoms. The van der Waals surface area contributed by atoms with E-state index in [-0.39, 0.29) is 0 Å². The van der Waals surface area contributed by atoms with E-state index in [2.05, 4.69) is 12.2 Å². The van der Waals surface area contributed by atoms with E-state index in [9.17, 15) is 4.79 Å². The summed E-state index contributed by atoms with van der Waals surface area (Å²) in [5, 5.41) is 14.0. The second-order valence-corrected chi connectivity index (χ2v) is 3.93.